The maximum Gasteiger partial charge on any atom is 0.332 e. The van der Waals surface area contributed by atoms with E-state index in [0.29, 0.717) is 24.8 Å². The number of hydrogen-bond acceptors (Lipinski definition) is 4. The lowest BCUT2D eigenvalue weighted by atomic mass is 10.1. The maximum absolute atomic E-state index is 11.5. The fourth-order valence-corrected chi connectivity index (χ4v) is 1.53. The summed E-state index contributed by atoms with van der Waals surface area (Å²) in [5, 5.41) is 8.44. The van der Waals surface area contributed by atoms with E-state index in [1.807, 2.05) is 0 Å². The quantitative estimate of drug-likeness (QED) is 0.587. The number of carboxylic acids is 1. The molecule has 0 heterocycles. The molecule has 0 bridgehead atoms. The number of carboxylic acid groups (broad SMARTS) is 1. The van der Waals surface area contributed by atoms with Gasteiger partial charge in [0.2, 0.25) is 0 Å². The Bertz CT molecular complexity index is 458. The van der Waals surface area contributed by atoms with Gasteiger partial charge in [0, 0.05) is 18.4 Å². The van der Waals surface area contributed by atoms with Crippen molar-refractivity contribution in [1.82, 2.24) is 5.48 Å². The van der Waals surface area contributed by atoms with Crippen LogP contribution in [0.1, 0.15) is 42.5 Å². The first-order chi connectivity index (χ1) is 9.59. The van der Waals surface area contributed by atoms with Crippen LogP contribution in [0, 0.1) is 0 Å². The zero-order valence-electron chi connectivity index (χ0n) is 11.0. The Balaban J connectivity index is 2.14. The summed E-state index contributed by atoms with van der Waals surface area (Å²) in [5.41, 5.74) is 2.48. The summed E-state index contributed by atoms with van der Waals surface area (Å²) in [7, 11) is 0. The Morgan fingerprint density at radius 3 is 2.30 bits per heavy atom. The largest absolute Gasteiger partial charge is 0.481 e. The first kappa shape index (κ1) is 15.7. The van der Waals surface area contributed by atoms with E-state index in [1.54, 1.807) is 30.3 Å². The van der Waals surface area contributed by atoms with Gasteiger partial charge < -0.3 is 9.94 Å². The molecule has 1 aromatic rings. The third-order valence-electron chi connectivity index (χ3n) is 2.57. The van der Waals surface area contributed by atoms with Gasteiger partial charge in [-0.1, -0.05) is 24.6 Å². The minimum absolute atomic E-state index is 0.0970. The average Bonchev–Trinajstić information content (AvgIpc) is 2.45. The number of hydrogen-bond donors (Lipinski definition) is 2. The fourth-order valence-electron chi connectivity index (χ4n) is 1.53. The van der Waals surface area contributed by atoms with E-state index >= 15 is 0 Å². The van der Waals surface area contributed by atoms with Crippen LogP contribution in [-0.2, 0) is 14.4 Å². The molecular weight excluding hydrogens is 262 g/mol. The van der Waals surface area contributed by atoms with E-state index in [1.165, 1.54) is 0 Å². The smallest absolute Gasteiger partial charge is 0.332 e. The SMILES string of the molecule is O=C(O)CCCCCC(=O)ONC(=O)c1ccccc1. The van der Waals surface area contributed by atoms with E-state index in [4.69, 9.17) is 5.11 Å². The van der Waals surface area contributed by atoms with Crippen molar-refractivity contribution < 1.29 is 24.3 Å². The molecule has 108 valence electrons. The fraction of sp³-hybridized carbons (Fsp3) is 0.357. The number of unbranched alkanes of at least 4 members (excludes halogenated alkanes) is 2. The molecule has 20 heavy (non-hydrogen) atoms. The van der Waals surface area contributed by atoms with Crippen LogP contribution in [-0.4, -0.2) is 23.0 Å². The van der Waals surface area contributed by atoms with Crippen molar-refractivity contribution in [3.8, 4) is 0 Å². The van der Waals surface area contributed by atoms with Crippen LogP contribution in [0.5, 0.6) is 0 Å². The molecule has 1 rings (SSSR count). The third-order valence-corrected chi connectivity index (χ3v) is 2.57. The zero-order chi connectivity index (χ0) is 14.8. The lowest BCUT2D eigenvalue weighted by Crippen LogP contribution is -2.26. The highest BCUT2D eigenvalue weighted by Crippen LogP contribution is 2.04. The molecule has 0 saturated carbocycles. The number of nitrogens with one attached hydrogen (secondary N) is 1. The van der Waals surface area contributed by atoms with Crippen molar-refractivity contribution in [2.45, 2.75) is 32.1 Å². The maximum atomic E-state index is 11.5. The number of rotatable bonds is 7. The summed E-state index contributed by atoms with van der Waals surface area (Å²) in [5.74, 6) is -1.86. The predicted molar refractivity (Wildman–Crippen MR) is 70.7 cm³/mol. The predicted octanol–water partition coefficient (Wildman–Crippen LogP) is 1.91. The van der Waals surface area contributed by atoms with Gasteiger partial charge in [-0.25, -0.2) is 4.79 Å². The molecule has 0 aliphatic carbocycles. The van der Waals surface area contributed by atoms with Crippen molar-refractivity contribution >= 4 is 17.8 Å². The first-order valence-electron chi connectivity index (χ1n) is 6.36. The lowest BCUT2D eigenvalue weighted by molar-refractivity contribution is -0.149. The van der Waals surface area contributed by atoms with Gasteiger partial charge >= 0.3 is 11.9 Å². The third kappa shape index (κ3) is 6.53. The molecule has 0 spiro atoms. The Labute approximate surface area is 116 Å². The highest BCUT2D eigenvalue weighted by molar-refractivity contribution is 5.94. The highest BCUT2D eigenvalue weighted by Gasteiger charge is 2.08. The number of amides is 1. The molecule has 0 aliphatic rings. The molecule has 0 aliphatic heterocycles. The molecule has 0 saturated heterocycles. The highest BCUT2D eigenvalue weighted by atomic mass is 16.7. The number of carbonyl (C=O) groups is 3. The van der Waals surface area contributed by atoms with E-state index in [2.05, 4.69) is 10.3 Å². The summed E-state index contributed by atoms with van der Waals surface area (Å²) in [4.78, 5) is 37.8. The summed E-state index contributed by atoms with van der Waals surface area (Å²) in [6.45, 7) is 0. The standard InChI is InChI=1S/C14H17NO5/c16-12(17)9-5-2-6-10-13(18)20-15-14(19)11-7-3-1-4-8-11/h1,3-4,7-8H,2,5-6,9-10H2,(H,15,19)(H,16,17). The lowest BCUT2D eigenvalue weighted by Gasteiger charge is -2.05. The van der Waals surface area contributed by atoms with Gasteiger partial charge in [-0.3, -0.25) is 9.59 Å². The van der Waals surface area contributed by atoms with Crippen molar-refractivity contribution in [3.05, 3.63) is 35.9 Å². The van der Waals surface area contributed by atoms with Gasteiger partial charge in [-0.05, 0) is 25.0 Å². The Morgan fingerprint density at radius 1 is 1.00 bits per heavy atom. The second kappa shape index (κ2) is 8.68. The molecule has 0 aromatic heterocycles. The van der Waals surface area contributed by atoms with Gasteiger partial charge in [-0.15, -0.1) is 0 Å². The first-order valence-corrected chi connectivity index (χ1v) is 6.36. The van der Waals surface area contributed by atoms with E-state index in [9.17, 15) is 14.4 Å². The molecule has 6 nitrogen and oxygen atoms in total. The zero-order valence-corrected chi connectivity index (χ0v) is 11.0. The minimum Gasteiger partial charge on any atom is -0.481 e. The summed E-state index contributed by atoms with van der Waals surface area (Å²) >= 11 is 0. The number of aliphatic carboxylic acids is 1. The minimum atomic E-state index is -0.845. The van der Waals surface area contributed by atoms with E-state index < -0.39 is 17.8 Å². The van der Waals surface area contributed by atoms with Crippen LogP contribution in [0.15, 0.2) is 30.3 Å². The Hall–Kier alpha value is -2.37. The van der Waals surface area contributed by atoms with Crippen LogP contribution in [0.2, 0.25) is 0 Å². The molecule has 6 heteroatoms. The topological polar surface area (TPSA) is 92.7 Å². The van der Waals surface area contributed by atoms with Gasteiger partial charge in [0.05, 0.1) is 0 Å². The van der Waals surface area contributed by atoms with E-state index in [-0.39, 0.29) is 12.8 Å². The number of hydroxylamine groups is 1. The summed E-state index contributed by atoms with van der Waals surface area (Å²) in [6.07, 6.45) is 1.94. The van der Waals surface area contributed by atoms with Crippen molar-refractivity contribution in [2.24, 2.45) is 0 Å². The van der Waals surface area contributed by atoms with Gasteiger partial charge in [0.1, 0.15) is 0 Å². The van der Waals surface area contributed by atoms with Gasteiger partial charge in [0.25, 0.3) is 5.91 Å². The summed E-state index contributed by atoms with van der Waals surface area (Å²) in [6, 6.07) is 8.41. The van der Waals surface area contributed by atoms with Crippen LogP contribution in [0.25, 0.3) is 0 Å². The monoisotopic (exact) mass is 279 g/mol. The molecule has 0 radical (unpaired) electrons. The van der Waals surface area contributed by atoms with Crippen molar-refractivity contribution in [3.63, 3.8) is 0 Å². The molecular formula is C14H17NO5. The molecule has 2 N–H and O–H groups in total. The average molecular weight is 279 g/mol. The van der Waals surface area contributed by atoms with Gasteiger partial charge in [-0.2, -0.15) is 5.48 Å². The second-order valence-electron chi connectivity index (χ2n) is 4.23. The number of benzene rings is 1. The molecule has 0 unspecified atom stereocenters. The van der Waals surface area contributed by atoms with Crippen LogP contribution in [0.3, 0.4) is 0 Å². The second-order valence-corrected chi connectivity index (χ2v) is 4.23. The van der Waals surface area contributed by atoms with Crippen LogP contribution >= 0.6 is 0 Å². The van der Waals surface area contributed by atoms with Gasteiger partial charge in [0.15, 0.2) is 0 Å². The summed E-state index contributed by atoms with van der Waals surface area (Å²) < 4.78 is 0. The van der Waals surface area contributed by atoms with Crippen LogP contribution < -0.4 is 5.48 Å². The van der Waals surface area contributed by atoms with Crippen molar-refractivity contribution in [1.29, 1.82) is 0 Å². The molecule has 1 amide bonds. The van der Waals surface area contributed by atoms with Crippen LogP contribution in [0.4, 0.5) is 0 Å². The van der Waals surface area contributed by atoms with E-state index in [0.717, 1.165) is 0 Å². The molecule has 0 atom stereocenters. The number of carbonyl (C=O) groups excluding carboxylic acids is 2. The van der Waals surface area contributed by atoms with Crippen molar-refractivity contribution in [2.75, 3.05) is 0 Å². The Kier molecular flexibility index (Phi) is 6.81. The molecule has 1 aromatic carbocycles. The Morgan fingerprint density at radius 2 is 1.65 bits per heavy atom. The molecule has 0 fully saturated rings. The normalized spacial score (nSPS) is 9.80.